The zero-order valence-corrected chi connectivity index (χ0v) is 16.9. The van der Waals surface area contributed by atoms with Gasteiger partial charge in [-0.2, -0.15) is 0 Å². The number of piperidine rings is 1. The molecule has 2 aromatic heterocycles. The number of aryl methyl sites for hydroxylation is 2. The Balaban J connectivity index is 1.75. The smallest absolute Gasteiger partial charge is 0.255 e. The van der Waals surface area contributed by atoms with Gasteiger partial charge in [0.2, 0.25) is 0 Å². The number of amides is 1. The third-order valence-corrected chi connectivity index (χ3v) is 5.07. The van der Waals surface area contributed by atoms with E-state index in [0.29, 0.717) is 31.9 Å². The van der Waals surface area contributed by atoms with Crippen LogP contribution < -0.4 is 0 Å². The van der Waals surface area contributed by atoms with E-state index >= 15 is 0 Å². The quantitative estimate of drug-likeness (QED) is 0.683. The highest BCUT2D eigenvalue weighted by Gasteiger charge is 2.28. The molecule has 1 amide bonds. The third kappa shape index (κ3) is 4.91. The van der Waals surface area contributed by atoms with Gasteiger partial charge in [0.1, 0.15) is 5.82 Å². The van der Waals surface area contributed by atoms with E-state index in [-0.39, 0.29) is 11.8 Å². The van der Waals surface area contributed by atoms with Gasteiger partial charge in [-0.15, -0.1) is 0 Å². The lowest BCUT2D eigenvalue weighted by atomic mass is 9.91. The Bertz CT molecular complexity index is 812. The first-order chi connectivity index (χ1) is 13.6. The van der Waals surface area contributed by atoms with Crippen molar-refractivity contribution in [3.05, 3.63) is 52.9 Å². The first kappa shape index (κ1) is 20.4. The Kier molecular flexibility index (Phi) is 7.06. The third-order valence-electron chi connectivity index (χ3n) is 5.07. The van der Waals surface area contributed by atoms with Crippen LogP contribution in [0.3, 0.4) is 0 Å². The maximum absolute atomic E-state index is 13.0. The van der Waals surface area contributed by atoms with Gasteiger partial charge in [-0.25, -0.2) is 9.97 Å². The summed E-state index contributed by atoms with van der Waals surface area (Å²) < 4.78 is 10.7. The molecule has 150 valence electrons. The summed E-state index contributed by atoms with van der Waals surface area (Å²) in [6, 6.07) is 1.87. The number of likely N-dealkylation sites (tertiary alicyclic amines) is 1. The minimum atomic E-state index is 0.0407. The number of ether oxygens (including phenoxy) is 2. The molecule has 1 saturated heterocycles. The van der Waals surface area contributed by atoms with Crippen molar-refractivity contribution in [1.82, 2.24) is 19.9 Å². The first-order valence-corrected chi connectivity index (χ1v) is 9.69. The zero-order valence-electron chi connectivity index (χ0n) is 16.9. The van der Waals surface area contributed by atoms with E-state index in [1.807, 2.05) is 31.0 Å². The monoisotopic (exact) mass is 384 g/mol. The van der Waals surface area contributed by atoms with Crippen molar-refractivity contribution in [1.29, 1.82) is 0 Å². The molecule has 0 bridgehead atoms. The van der Waals surface area contributed by atoms with Gasteiger partial charge < -0.3 is 14.4 Å². The number of carbonyl (C=O) groups is 1. The van der Waals surface area contributed by atoms with Crippen LogP contribution in [0.15, 0.2) is 24.7 Å². The van der Waals surface area contributed by atoms with Crippen molar-refractivity contribution in [3.8, 4) is 0 Å². The molecule has 1 unspecified atom stereocenters. The van der Waals surface area contributed by atoms with Gasteiger partial charge in [0, 0.05) is 50.3 Å². The minimum Gasteiger partial charge on any atom is -0.382 e. The molecule has 7 nitrogen and oxygen atoms in total. The van der Waals surface area contributed by atoms with Crippen molar-refractivity contribution in [3.63, 3.8) is 0 Å². The molecule has 3 rings (SSSR count). The van der Waals surface area contributed by atoms with E-state index in [1.165, 1.54) is 0 Å². The average Bonchev–Trinajstić information content (AvgIpc) is 2.72. The molecule has 3 heterocycles. The van der Waals surface area contributed by atoms with E-state index in [2.05, 4.69) is 9.97 Å². The van der Waals surface area contributed by atoms with Gasteiger partial charge in [0.25, 0.3) is 5.91 Å². The fourth-order valence-electron chi connectivity index (χ4n) is 3.54. The summed E-state index contributed by atoms with van der Waals surface area (Å²) in [4.78, 5) is 28.1. The fraction of sp³-hybridized carbons (Fsp3) is 0.524. The standard InChI is InChI=1S/C21H28N4O3/c1-15-6-7-22-12-19(15)21(26)25-8-4-5-17(13-25)20-18(11-23-16(2)24-20)14-28-10-9-27-3/h6-7,11-12,17H,4-5,8-10,13-14H2,1-3H3. The van der Waals surface area contributed by atoms with Crippen LogP contribution in [0.5, 0.6) is 0 Å². The molecule has 1 aliphatic heterocycles. The molecule has 28 heavy (non-hydrogen) atoms. The van der Waals surface area contributed by atoms with Gasteiger partial charge >= 0.3 is 0 Å². The molecule has 0 N–H and O–H groups in total. The predicted octanol–water partition coefficient (Wildman–Crippen LogP) is 2.67. The van der Waals surface area contributed by atoms with Crippen molar-refractivity contribution >= 4 is 5.91 Å². The Hall–Kier alpha value is -2.38. The van der Waals surface area contributed by atoms with Crippen molar-refractivity contribution in [2.45, 2.75) is 39.2 Å². The maximum atomic E-state index is 13.0. The van der Waals surface area contributed by atoms with Crippen LogP contribution in [0.2, 0.25) is 0 Å². The predicted molar refractivity (Wildman–Crippen MR) is 105 cm³/mol. The van der Waals surface area contributed by atoms with Crippen molar-refractivity contribution in [2.75, 3.05) is 33.4 Å². The number of aromatic nitrogens is 3. The van der Waals surface area contributed by atoms with Gasteiger partial charge in [0.15, 0.2) is 0 Å². The van der Waals surface area contributed by atoms with Gasteiger partial charge in [-0.05, 0) is 38.3 Å². The molecule has 2 aromatic rings. The van der Waals surface area contributed by atoms with Crippen LogP contribution in [0.1, 0.15) is 51.8 Å². The Labute approximate surface area is 166 Å². The summed E-state index contributed by atoms with van der Waals surface area (Å²) in [6.45, 7) is 6.77. The molecule has 0 aromatic carbocycles. The highest BCUT2D eigenvalue weighted by molar-refractivity contribution is 5.95. The minimum absolute atomic E-state index is 0.0407. The second kappa shape index (κ2) is 9.71. The summed E-state index contributed by atoms with van der Waals surface area (Å²) in [7, 11) is 1.65. The normalized spacial score (nSPS) is 17.0. The fourth-order valence-corrected chi connectivity index (χ4v) is 3.54. The Morgan fingerprint density at radius 3 is 2.93 bits per heavy atom. The molecule has 0 radical (unpaired) electrons. The largest absolute Gasteiger partial charge is 0.382 e. The SMILES string of the molecule is COCCOCc1cnc(C)nc1C1CCCN(C(=O)c2cnccc2C)C1. The molecule has 1 aliphatic rings. The average molecular weight is 384 g/mol. The molecule has 0 aliphatic carbocycles. The Morgan fingerprint density at radius 2 is 2.14 bits per heavy atom. The van der Waals surface area contributed by atoms with Crippen LogP contribution in [-0.4, -0.2) is 59.2 Å². The van der Waals surface area contributed by atoms with Gasteiger partial charge in [-0.3, -0.25) is 9.78 Å². The molecule has 7 heteroatoms. The van der Waals surface area contributed by atoms with E-state index in [4.69, 9.17) is 14.5 Å². The number of hydrogen-bond donors (Lipinski definition) is 0. The van der Waals surface area contributed by atoms with Crippen LogP contribution >= 0.6 is 0 Å². The number of hydrogen-bond acceptors (Lipinski definition) is 6. The van der Waals surface area contributed by atoms with E-state index in [9.17, 15) is 4.79 Å². The number of carbonyl (C=O) groups excluding carboxylic acids is 1. The summed E-state index contributed by atoms with van der Waals surface area (Å²) >= 11 is 0. The molecule has 1 fully saturated rings. The molecular weight excluding hydrogens is 356 g/mol. The Morgan fingerprint density at radius 1 is 1.29 bits per heavy atom. The second-order valence-electron chi connectivity index (χ2n) is 7.15. The lowest BCUT2D eigenvalue weighted by Gasteiger charge is -2.33. The van der Waals surface area contributed by atoms with E-state index in [1.54, 1.807) is 19.5 Å². The van der Waals surface area contributed by atoms with Crippen LogP contribution in [0.25, 0.3) is 0 Å². The number of rotatable bonds is 7. The first-order valence-electron chi connectivity index (χ1n) is 9.69. The summed E-state index contributed by atoms with van der Waals surface area (Å²) in [6.07, 6.45) is 7.16. The summed E-state index contributed by atoms with van der Waals surface area (Å²) in [5.41, 5.74) is 3.60. The van der Waals surface area contributed by atoms with E-state index in [0.717, 1.165) is 42.0 Å². The topological polar surface area (TPSA) is 77.4 Å². The molecular formula is C21H28N4O3. The molecule has 0 spiro atoms. The van der Waals surface area contributed by atoms with E-state index < -0.39 is 0 Å². The molecule has 1 atom stereocenters. The maximum Gasteiger partial charge on any atom is 0.255 e. The van der Waals surface area contributed by atoms with Crippen molar-refractivity contribution in [2.24, 2.45) is 0 Å². The number of nitrogens with zero attached hydrogens (tertiary/aromatic N) is 4. The van der Waals surface area contributed by atoms with Gasteiger partial charge in [-0.1, -0.05) is 0 Å². The number of methoxy groups -OCH3 is 1. The summed E-state index contributed by atoms with van der Waals surface area (Å²) in [5, 5.41) is 0. The van der Waals surface area contributed by atoms with Crippen LogP contribution in [0.4, 0.5) is 0 Å². The van der Waals surface area contributed by atoms with Crippen LogP contribution in [-0.2, 0) is 16.1 Å². The van der Waals surface area contributed by atoms with Crippen LogP contribution in [0, 0.1) is 13.8 Å². The summed E-state index contributed by atoms with van der Waals surface area (Å²) in [5.74, 6) is 0.957. The lowest BCUT2D eigenvalue weighted by molar-refractivity contribution is 0.0602. The molecule has 0 saturated carbocycles. The number of pyridine rings is 1. The van der Waals surface area contributed by atoms with Crippen molar-refractivity contribution < 1.29 is 14.3 Å². The second-order valence-corrected chi connectivity index (χ2v) is 7.15. The highest BCUT2D eigenvalue weighted by atomic mass is 16.5. The lowest BCUT2D eigenvalue weighted by Crippen LogP contribution is -2.40. The zero-order chi connectivity index (χ0) is 19.9. The van der Waals surface area contributed by atoms with Gasteiger partial charge in [0.05, 0.1) is 31.1 Å². The highest BCUT2D eigenvalue weighted by Crippen LogP contribution is 2.29.